The molecular weight excluding hydrogens is 682 g/mol. The van der Waals surface area contributed by atoms with E-state index in [2.05, 4.69) is 38.2 Å². The normalized spacial score (nSPS) is 22.5. The molecule has 0 saturated carbocycles. The van der Waals surface area contributed by atoms with Crippen LogP contribution in [0, 0.1) is 10.8 Å². The molecule has 10 heteroatoms. The van der Waals surface area contributed by atoms with Crippen LogP contribution in [0.3, 0.4) is 0 Å². The van der Waals surface area contributed by atoms with E-state index < -0.39 is 34.7 Å². The van der Waals surface area contributed by atoms with Gasteiger partial charge in [0.05, 0.1) is 17.1 Å². The molecule has 5 rings (SSSR count). The fourth-order valence-electron chi connectivity index (χ4n) is 9.03. The smallest absolute Gasteiger partial charge is 0.408 e. The monoisotopic (exact) mass is 741 g/mol. The summed E-state index contributed by atoms with van der Waals surface area (Å²) in [6.45, 7) is 17.2. The SMILES string of the molecule is CCC(CCC(C)O)(NC(=O)OC(C)(C)C)C(=O)N1CCC(C(=O)N2CC=C3C(C)(C)C(c4ccc(C(=O)O)cc4)=CC[C@]3(C)C2)(c2ccccc2)CC1. The first-order chi connectivity index (χ1) is 25.3. The number of hydrogen-bond acceptors (Lipinski definition) is 6. The first kappa shape index (κ1) is 40.7. The van der Waals surface area contributed by atoms with E-state index in [0.717, 1.165) is 23.1 Å². The van der Waals surface area contributed by atoms with Crippen molar-refractivity contribution >= 4 is 29.5 Å². The van der Waals surface area contributed by atoms with Crippen molar-refractivity contribution in [1.82, 2.24) is 15.1 Å². The predicted octanol–water partition coefficient (Wildman–Crippen LogP) is 7.37. The van der Waals surface area contributed by atoms with Gasteiger partial charge in [0.25, 0.3) is 0 Å². The first-order valence-electron chi connectivity index (χ1n) is 19.4. The third-order valence-electron chi connectivity index (χ3n) is 11.9. The molecule has 3 N–H and O–H groups in total. The van der Waals surface area contributed by atoms with Crippen molar-refractivity contribution in [3.63, 3.8) is 0 Å². The minimum Gasteiger partial charge on any atom is -0.478 e. The van der Waals surface area contributed by atoms with E-state index >= 15 is 4.79 Å². The number of likely N-dealkylation sites (tertiary alicyclic amines) is 1. The van der Waals surface area contributed by atoms with Crippen LogP contribution in [-0.4, -0.2) is 87.3 Å². The fourth-order valence-corrected chi connectivity index (χ4v) is 9.03. The van der Waals surface area contributed by atoms with E-state index in [-0.39, 0.29) is 34.6 Å². The van der Waals surface area contributed by atoms with Crippen LogP contribution in [0.5, 0.6) is 0 Å². The van der Waals surface area contributed by atoms with Gasteiger partial charge < -0.3 is 30.1 Å². The number of fused-ring (bicyclic) bond motifs is 1. The van der Waals surface area contributed by atoms with E-state index in [0.29, 0.717) is 51.9 Å². The number of aliphatic hydroxyl groups is 1. The van der Waals surface area contributed by atoms with Gasteiger partial charge >= 0.3 is 12.1 Å². The van der Waals surface area contributed by atoms with Gasteiger partial charge in [0.1, 0.15) is 11.1 Å². The summed E-state index contributed by atoms with van der Waals surface area (Å²) in [5.41, 5.74) is 1.12. The molecule has 2 unspecified atom stereocenters. The van der Waals surface area contributed by atoms with Crippen LogP contribution in [0.4, 0.5) is 4.79 Å². The number of rotatable bonds is 10. The zero-order chi connectivity index (χ0) is 39.7. The summed E-state index contributed by atoms with van der Waals surface area (Å²) >= 11 is 0. The summed E-state index contributed by atoms with van der Waals surface area (Å²) in [6.07, 6.45) is 5.62. The molecular formula is C44H59N3O7. The Bertz CT molecular complexity index is 1780. The summed E-state index contributed by atoms with van der Waals surface area (Å²) in [5.74, 6) is -1.13. The van der Waals surface area contributed by atoms with Crippen LogP contribution in [0.25, 0.3) is 5.57 Å². The number of ether oxygens (including phenoxy) is 1. The molecule has 0 aromatic heterocycles. The van der Waals surface area contributed by atoms with E-state index in [1.54, 1.807) is 44.7 Å². The average Bonchev–Trinajstić information content (AvgIpc) is 3.12. The molecule has 2 heterocycles. The quantitative estimate of drug-likeness (QED) is 0.217. The molecule has 1 aliphatic carbocycles. The summed E-state index contributed by atoms with van der Waals surface area (Å²) < 4.78 is 5.57. The highest BCUT2D eigenvalue weighted by molar-refractivity contribution is 5.92. The Balaban J connectivity index is 1.39. The number of alkyl carbamates (subject to hydrolysis) is 1. The number of carbonyl (C=O) groups excluding carboxylic acids is 3. The van der Waals surface area contributed by atoms with Crippen molar-refractivity contribution in [3.05, 3.63) is 89.0 Å². The molecule has 54 heavy (non-hydrogen) atoms. The molecule has 2 aromatic carbocycles. The lowest BCUT2D eigenvalue weighted by Crippen LogP contribution is -2.63. The van der Waals surface area contributed by atoms with E-state index in [4.69, 9.17) is 4.74 Å². The molecule has 3 atom stereocenters. The summed E-state index contributed by atoms with van der Waals surface area (Å²) in [5, 5.41) is 22.5. The van der Waals surface area contributed by atoms with Gasteiger partial charge in [-0.05, 0) is 95.1 Å². The number of carboxylic acids is 1. The Kier molecular flexibility index (Phi) is 11.6. The number of hydrogen-bond donors (Lipinski definition) is 3. The summed E-state index contributed by atoms with van der Waals surface area (Å²) in [7, 11) is 0. The minimum absolute atomic E-state index is 0.0527. The maximum Gasteiger partial charge on any atom is 0.408 e. The molecule has 0 spiro atoms. The number of nitrogens with one attached hydrogen (secondary N) is 1. The van der Waals surface area contributed by atoms with Gasteiger partial charge in [0.15, 0.2) is 0 Å². The van der Waals surface area contributed by atoms with Crippen molar-refractivity contribution in [2.75, 3.05) is 26.2 Å². The maximum absolute atomic E-state index is 15.0. The highest BCUT2D eigenvalue weighted by atomic mass is 16.6. The lowest BCUT2D eigenvalue weighted by molar-refractivity contribution is -0.147. The van der Waals surface area contributed by atoms with Crippen molar-refractivity contribution in [2.24, 2.45) is 10.8 Å². The van der Waals surface area contributed by atoms with Crippen LogP contribution in [0.1, 0.15) is 115 Å². The Morgan fingerprint density at radius 2 is 1.56 bits per heavy atom. The number of benzene rings is 2. The van der Waals surface area contributed by atoms with Crippen LogP contribution < -0.4 is 5.32 Å². The highest BCUT2D eigenvalue weighted by Crippen LogP contribution is 2.56. The molecule has 292 valence electrons. The van der Waals surface area contributed by atoms with E-state index in [1.807, 2.05) is 54.3 Å². The predicted molar refractivity (Wildman–Crippen MR) is 210 cm³/mol. The van der Waals surface area contributed by atoms with Gasteiger partial charge in [-0.15, -0.1) is 0 Å². The molecule has 0 bridgehead atoms. The molecule has 3 aliphatic rings. The lowest BCUT2D eigenvalue weighted by Gasteiger charge is -2.52. The average molecular weight is 742 g/mol. The van der Waals surface area contributed by atoms with Crippen molar-refractivity contribution in [2.45, 2.75) is 117 Å². The Hall–Kier alpha value is -4.44. The Morgan fingerprint density at radius 3 is 2.11 bits per heavy atom. The number of amides is 3. The Labute approximate surface area is 320 Å². The van der Waals surface area contributed by atoms with Gasteiger partial charge in [-0.1, -0.05) is 87.9 Å². The van der Waals surface area contributed by atoms with Gasteiger partial charge in [-0.25, -0.2) is 9.59 Å². The van der Waals surface area contributed by atoms with Gasteiger partial charge in [-0.3, -0.25) is 9.59 Å². The number of nitrogens with zero attached hydrogens (tertiary/aromatic N) is 2. The Morgan fingerprint density at radius 1 is 0.926 bits per heavy atom. The van der Waals surface area contributed by atoms with Crippen molar-refractivity contribution in [1.29, 1.82) is 0 Å². The van der Waals surface area contributed by atoms with Crippen molar-refractivity contribution in [3.8, 4) is 0 Å². The first-order valence-corrected chi connectivity index (χ1v) is 19.4. The fraction of sp³-hybridized carbons (Fsp3) is 0.545. The van der Waals surface area contributed by atoms with E-state index in [9.17, 15) is 24.6 Å². The maximum atomic E-state index is 15.0. The largest absolute Gasteiger partial charge is 0.478 e. The number of carboxylic acid groups (broad SMARTS) is 1. The molecule has 2 aromatic rings. The molecule has 2 aliphatic heterocycles. The standard InChI is InChI=1S/C44H59N3O7/c1-9-44(23-19-30(2)48,45-39(53)54-40(3,4)5)38(52)46-27-24-43(25-28-46,33-13-11-10-12-14-33)37(51)47-26-21-35-41(6,7)34(20-22-42(35,8)29-47)31-15-17-32(18-16-31)36(49)50/h10-18,20-21,30,48H,9,19,22-29H2,1-8H3,(H,45,53)(H,49,50)/t30?,42-,44?/m1/s1. The topological polar surface area (TPSA) is 136 Å². The number of carbonyl (C=O) groups is 4. The molecule has 1 fully saturated rings. The van der Waals surface area contributed by atoms with Crippen molar-refractivity contribution < 1.29 is 34.1 Å². The van der Waals surface area contributed by atoms with Gasteiger partial charge in [0.2, 0.25) is 11.8 Å². The number of piperidine rings is 1. The third kappa shape index (κ3) is 8.14. The zero-order valence-electron chi connectivity index (χ0n) is 33.3. The number of aromatic carboxylic acids is 1. The van der Waals surface area contributed by atoms with Crippen LogP contribution in [0.15, 0.2) is 72.3 Å². The van der Waals surface area contributed by atoms with Crippen LogP contribution >= 0.6 is 0 Å². The highest BCUT2D eigenvalue weighted by Gasteiger charge is 2.52. The number of allylic oxidation sites excluding steroid dienone is 2. The molecule has 10 nitrogen and oxygen atoms in total. The van der Waals surface area contributed by atoms with Gasteiger partial charge in [-0.2, -0.15) is 0 Å². The lowest BCUT2D eigenvalue weighted by atomic mass is 9.58. The summed E-state index contributed by atoms with van der Waals surface area (Å²) in [6, 6.07) is 16.9. The second-order valence-corrected chi connectivity index (χ2v) is 17.4. The van der Waals surface area contributed by atoms with Crippen LogP contribution in [-0.2, 0) is 19.7 Å². The zero-order valence-corrected chi connectivity index (χ0v) is 33.3. The van der Waals surface area contributed by atoms with Crippen LogP contribution in [0.2, 0.25) is 0 Å². The van der Waals surface area contributed by atoms with E-state index in [1.165, 1.54) is 5.57 Å². The molecule has 3 amide bonds. The third-order valence-corrected chi connectivity index (χ3v) is 11.9. The minimum atomic E-state index is -1.27. The second-order valence-electron chi connectivity index (χ2n) is 17.4. The molecule has 1 saturated heterocycles. The van der Waals surface area contributed by atoms with Gasteiger partial charge in [0, 0.05) is 37.0 Å². The molecule has 0 radical (unpaired) electrons. The second kappa shape index (κ2) is 15.4. The summed E-state index contributed by atoms with van der Waals surface area (Å²) in [4.78, 5) is 57.8. The number of aliphatic hydroxyl groups excluding tert-OH is 1.